The van der Waals surface area contributed by atoms with Crippen molar-refractivity contribution >= 4 is 11.6 Å². The van der Waals surface area contributed by atoms with E-state index in [1.165, 1.54) is 0 Å². The molecule has 0 amide bonds. The lowest BCUT2D eigenvalue weighted by Crippen LogP contribution is -2.12. The van der Waals surface area contributed by atoms with E-state index in [0.717, 1.165) is 33.9 Å². The van der Waals surface area contributed by atoms with Crippen LogP contribution in [-0.2, 0) is 0 Å². The van der Waals surface area contributed by atoms with Crippen molar-refractivity contribution in [2.75, 3.05) is 0 Å². The van der Waals surface area contributed by atoms with Crippen molar-refractivity contribution in [1.29, 1.82) is 0 Å². The van der Waals surface area contributed by atoms with Gasteiger partial charge in [-0.3, -0.25) is 0 Å². The molecule has 0 unspecified atom stereocenters. The molecule has 136 valence electrons. The number of rotatable bonds is 5. The molecule has 0 spiro atoms. The summed E-state index contributed by atoms with van der Waals surface area (Å²) < 4.78 is 12.0. The molecular weight excluding hydrogens is 334 g/mol. The van der Waals surface area contributed by atoms with Crippen LogP contribution in [0, 0.1) is 13.8 Å². The number of aryl methyl sites for hydroxylation is 2. The van der Waals surface area contributed by atoms with Gasteiger partial charge in [0.1, 0.15) is 11.5 Å². The molecule has 3 heteroatoms. The highest BCUT2D eigenvalue weighted by atomic mass is 16.5. The van der Waals surface area contributed by atoms with E-state index in [2.05, 4.69) is 0 Å². The third kappa shape index (κ3) is 5.08. The van der Waals surface area contributed by atoms with E-state index in [-0.39, 0.29) is 0 Å². The van der Waals surface area contributed by atoms with Crippen LogP contribution in [0.25, 0.3) is 0 Å². The van der Waals surface area contributed by atoms with Gasteiger partial charge in [0, 0.05) is 5.57 Å². The molecule has 0 atom stereocenters. The van der Waals surface area contributed by atoms with Crippen LogP contribution in [0.2, 0.25) is 0 Å². The van der Waals surface area contributed by atoms with Crippen LogP contribution >= 0.6 is 0 Å². The maximum atomic E-state index is 6.23. The van der Waals surface area contributed by atoms with Crippen molar-refractivity contribution < 1.29 is 9.47 Å². The van der Waals surface area contributed by atoms with Gasteiger partial charge in [0.15, 0.2) is 0 Å². The number of benzene rings is 3. The van der Waals surface area contributed by atoms with Crippen LogP contribution in [-0.4, -0.2) is 5.90 Å². The maximum Gasteiger partial charge on any atom is 0.225 e. The average molecular weight is 357 g/mol. The number of aliphatic imine (C=N–C) groups is 1. The Morgan fingerprint density at radius 2 is 1.37 bits per heavy atom. The predicted octanol–water partition coefficient (Wildman–Crippen LogP) is 6.40. The van der Waals surface area contributed by atoms with Crippen LogP contribution in [0.4, 0.5) is 5.69 Å². The Bertz CT molecular complexity index is 924. The molecule has 3 aromatic rings. The second-order valence-corrected chi connectivity index (χ2v) is 6.31. The van der Waals surface area contributed by atoms with Crippen molar-refractivity contribution in [2.24, 2.45) is 4.99 Å². The highest BCUT2D eigenvalue weighted by molar-refractivity contribution is 5.96. The molecule has 0 aliphatic carbocycles. The van der Waals surface area contributed by atoms with Crippen molar-refractivity contribution in [3.63, 3.8) is 0 Å². The van der Waals surface area contributed by atoms with Crippen LogP contribution in [0.5, 0.6) is 11.5 Å². The van der Waals surface area contributed by atoms with Crippen molar-refractivity contribution in [3.05, 3.63) is 102 Å². The van der Waals surface area contributed by atoms with Gasteiger partial charge in [0.2, 0.25) is 5.90 Å². The third-order valence-electron chi connectivity index (χ3n) is 4.05. The fourth-order valence-corrected chi connectivity index (χ4v) is 2.57. The van der Waals surface area contributed by atoms with Gasteiger partial charge in [-0.15, -0.1) is 0 Å². The zero-order valence-electron chi connectivity index (χ0n) is 15.8. The zero-order valence-corrected chi connectivity index (χ0v) is 15.8. The fourth-order valence-electron chi connectivity index (χ4n) is 2.57. The number of ether oxygens (including phenoxy) is 2. The molecule has 3 nitrogen and oxygen atoms in total. The molecular formula is C24H23NO2. The second-order valence-electron chi connectivity index (χ2n) is 6.31. The quantitative estimate of drug-likeness (QED) is 0.301. The minimum Gasteiger partial charge on any atom is -0.465 e. The number of hydrogen-bond acceptors (Lipinski definition) is 3. The monoisotopic (exact) mass is 357 g/mol. The second kappa shape index (κ2) is 8.86. The maximum absolute atomic E-state index is 6.23. The molecule has 0 saturated carbocycles. The van der Waals surface area contributed by atoms with Crippen LogP contribution in [0.3, 0.4) is 0 Å². The lowest BCUT2D eigenvalue weighted by molar-refractivity contribution is 0.473. The summed E-state index contributed by atoms with van der Waals surface area (Å²) in [6.45, 7) is 5.99. The molecule has 3 aromatic carbocycles. The Balaban J connectivity index is 1.93. The van der Waals surface area contributed by atoms with E-state index >= 15 is 0 Å². The number of hydrogen-bond donors (Lipinski definition) is 0. The molecule has 0 bridgehead atoms. The van der Waals surface area contributed by atoms with Crippen LogP contribution in [0.15, 0.2) is 95.7 Å². The molecule has 0 saturated heterocycles. The first-order valence-corrected chi connectivity index (χ1v) is 8.90. The lowest BCUT2D eigenvalue weighted by Gasteiger charge is -2.14. The fraction of sp³-hybridized carbons (Fsp3) is 0.125. The minimum atomic E-state index is 0.509. The van der Waals surface area contributed by atoms with E-state index in [9.17, 15) is 0 Å². The van der Waals surface area contributed by atoms with E-state index in [1.54, 1.807) is 6.26 Å². The number of para-hydroxylation sites is 3. The summed E-state index contributed by atoms with van der Waals surface area (Å²) in [6.07, 6.45) is 1.67. The Labute approximate surface area is 160 Å². The Morgan fingerprint density at radius 3 is 2.00 bits per heavy atom. The summed E-state index contributed by atoms with van der Waals surface area (Å²) in [7, 11) is 0. The first-order valence-electron chi connectivity index (χ1n) is 8.90. The molecule has 0 aromatic heterocycles. The average Bonchev–Trinajstić information content (AvgIpc) is 2.70. The zero-order chi connectivity index (χ0) is 19.1. The van der Waals surface area contributed by atoms with Crippen molar-refractivity contribution in [1.82, 2.24) is 0 Å². The molecule has 3 rings (SSSR count). The topological polar surface area (TPSA) is 30.8 Å². The van der Waals surface area contributed by atoms with Gasteiger partial charge in [0.25, 0.3) is 0 Å². The van der Waals surface area contributed by atoms with Crippen molar-refractivity contribution in [3.8, 4) is 11.5 Å². The van der Waals surface area contributed by atoms with Gasteiger partial charge >= 0.3 is 0 Å². The Hall–Kier alpha value is -3.33. The minimum absolute atomic E-state index is 0.509. The van der Waals surface area contributed by atoms with E-state index < -0.39 is 0 Å². The lowest BCUT2D eigenvalue weighted by atomic mass is 10.1. The Kier molecular flexibility index (Phi) is 6.06. The summed E-state index contributed by atoms with van der Waals surface area (Å²) >= 11 is 0. The largest absolute Gasteiger partial charge is 0.465 e. The summed E-state index contributed by atoms with van der Waals surface area (Å²) in [4.78, 5) is 4.69. The smallest absolute Gasteiger partial charge is 0.225 e. The van der Waals surface area contributed by atoms with E-state index in [1.807, 2.05) is 99.6 Å². The highest BCUT2D eigenvalue weighted by Crippen LogP contribution is 2.25. The third-order valence-corrected chi connectivity index (χ3v) is 4.05. The molecule has 0 radical (unpaired) electrons. The first-order chi connectivity index (χ1) is 13.1. The van der Waals surface area contributed by atoms with Gasteiger partial charge < -0.3 is 9.47 Å². The summed E-state index contributed by atoms with van der Waals surface area (Å²) in [6, 6.07) is 25.5. The Morgan fingerprint density at radius 1 is 0.778 bits per heavy atom. The van der Waals surface area contributed by atoms with Gasteiger partial charge in [-0.1, -0.05) is 54.6 Å². The normalized spacial score (nSPS) is 12.0. The summed E-state index contributed by atoms with van der Waals surface area (Å²) in [5, 5.41) is 0. The van der Waals surface area contributed by atoms with Crippen LogP contribution < -0.4 is 9.47 Å². The molecule has 27 heavy (non-hydrogen) atoms. The standard InChI is InChI=1S/C24H23NO2/c1-18-11-10-12-19(2)23(18)27-24(25-21-13-6-4-7-14-21)20(3)17-26-22-15-8-5-9-16-22/h4-17H,1-3H3. The van der Waals surface area contributed by atoms with Crippen LogP contribution in [0.1, 0.15) is 18.1 Å². The number of nitrogens with zero attached hydrogens (tertiary/aromatic N) is 1. The van der Waals surface area contributed by atoms with Gasteiger partial charge in [-0.2, -0.15) is 0 Å². The highest BCUT2D eigenvalue weighted by Gasteiger charge is 2.11. The molecule has 0 heterocycles. The van der Waals surface area contributed by atoms with Gasteiger partial charge in [-0.05, 0) is 56.2 Å². The first kappa shape index (κ1) is 18.5. The predicted molar refractivity (Wildman–Crippen MR) is 111 cm³/mol. The molecule has 0 N–H and O–H groups in total. The van der Waals surface area contributed by atoms with Gasteiger partial charge in [-0.25, -0.2) is 4.99 Å². The summed E-state index contributed by atoms with van der Waals surface area (Å²) in [5.41, 5.74) is 3.75. The SMILES string of the molecule is CC(=COc1ccccc1)C(=Nc1ccccc1)Oc1c(C)cccc1C. The molecule has 0 fully saturated rings. The van der Waals surface area contributed by atoms with Crippen molar-refractivity contribution in [2.45, 2.75) is 20.8 Å². The van der Waals surface area contributed by atoms with E-state index in [0.29, 0.717) is 5.90 Å². The molecule has 0 aliphatic heterocycles. The van der Waals surface area contributed by atoms with E-state index in [4.69, 9.17) is 14.5 Å². The molecule has 0 aliphatic rings. The van der Waals surface area contributed by atoms with Gasteiger partial charge in [0.05, 0.1) is 11.9 Å². The summed E-state index contributed by atoms with van der Waals surface area (Å²) in [5.74, 6) is 2.09.